The van der Waals surface area contributed by atoms with Crippen LogP contribution >= 0.6 is 0 Å². The fraction of sp³-hybridized carbons (Fsp3) is 0.636. The summed E-state index contributed by atoms with van der Waals surface area (Å²) in [4.78, 5) is 0. The maximum atomic E-state index is 2.29. The van der Waals surface area contributed by atoms with Crippen LogP contribution in [0.4, 0.5) is 0 Å². The molecule has 0 rings (SSSR count). The number of allylic oxidation sites excluding steroid dienone is 4. The molecular weight excluding hydrogens is 132 g/mol. The summed E-state index contributed by atoms with van der Waals surface area (Å²) in [6.07, 6.45) is 4.59. The molecule has 0 aliphatic heterocycles. The van der Waals surface area contributed by atoms with Gasteiger partial charge in [0, 0.05) is 0 Å². The number of rotatable bonds is 3. The molecule has 0 atom stereocenters. The van der Waals surface area contributed by atoms with Crippen LogP contribution in [0.2, 0.25) is 0 Å². The minimum Gasteiger partial charge on any atom is -0.0816 e. The fourth-order valence-electron chi connectivity index (χ4n) is 1.06. The normalized spacial score (nSPS) is 14.8. The third kappa shape index (κ3) is 3.41. The van der Waals surface area contributed by atoms with E-state index < -0.39 is 0 Å². The van der Waals surface area contributed by atoms with E-state index in [-0.39, 0.29) is 0 Å². The molecule has 0 nitrogen and oxygen atoms in total. The smallest absolute Gasteiger partial charge is 0.0346 e. The highest BCUT2D eigenvalue weighted by Crippen LogP contribution is 2.15. The summed E-state index contributed by atoms with van der Waals surface area (Å²) in [5, 5.41) is 0. The van der Waals surface area contributed by atoms with E-state index in [9.17, 15) is 0 Å². The van der Waals surface area contributed by atoms with Crippen molar-refractivity contribution in [1.29, 1.82) is 0 Å². The van der Waals surface area contributed by atoms with Crippen molar-refractivity contribution in [3.63, 3.8) is 0 Å². The van der Waals surface area contributed by atoms with Gasteiger partial charge in [-0.3, -0.25) is 0 Å². The molecule has 0 aromatic carbocycles. The lowest BCUT2D eigenvalue weighted by Crippen LogP contribution is -1.84. The first kappa shape index (κ1) is 10.5. The SMILES string of the molecule is CC/C=C(C)/C(C)=C(/C)CC. The maximum Gasteiger partial charge on any atom is -0.0346 e. The van der Waals surface area contributed by atoms with Crippen molar-refractivity contribution in [1.82, 2.24) is 0 Å². The van der Waals surface area contributed by atoms with Gasteiger partial charge in [0.15, 0.2) is 0 Å². The van der Waals surface area contributed by atoms with Crippen molar-refractivity contribution in [3.05, 3.63) is 22.8 Å². The van der Waals surface area contributed by atoms with Gasteiger partial charge in [-0.25, -0.2) is 0 Å². The zero-order chi connectivity index (χ0) is 8.85. The Labute approximate surface area is 71.0 Å². The zero-order valence-electron chi connectivity index (χ0n) is 8.49. The van der Waals surface area contributed by atoms with Crippen LogP contribution in [0.25, 0.3) is 0 Å². The third-order valence-electron chi connectivity index (χ3n) is 2.27. The molecule has 0 heterocycles. The molecule has 0 heteroatoms. The van der Waals surface area contributed by atoms with E-state index in [0.29, 0.717) is 0 Å². The van der Waals surface area contributed by atoms with Crippen LogP contribution < -0.4 is 0 Å². The molecule has 0 aliphatic rings. The Morgan fingerprint density at radius 2 is 1.64 bits per heavy atom. The molecule has 0 saturated heterocycles. The van der Waals surface area contributed by atoms with Crippen LogP contribution in [0.3, 0.4) is 0 Å². The molecule has 0 spiro atoms. The van der Waals surface area contributed by atoms with Gasteiger partial charge in [-0.15, -0.1) is 0 Å². The Morgan fingerprint density at radius 1 is 1.09 bits per heavy atom. The van der Waals surface area contributed by atoms with Crippen molar-refractivity contribution >= 4 is 0 Å². The summed E-state index contributed by atoms with van der Waals surface area (Å²) in [5.41, 5.74) is 4.41. The van der Waals surface area contributed by atoms with Gasteiger partial charge < -0.3 is 0 Å². The third-order valence-corrected chi connectivity index (χ3v) is 2.27. The first-order valence-corrected chi connectivity index (χ1v) is 4.46. The second-order valence-electron chi connectivity index (χ2n) is 3.05. The number of hydrogen-bond donors (Lipinski definition) is 0. The van der Waals surface area contributed by atoms with Gasteiger partial charge in [0.25, 0.3) is 0 Å². The Morgan fingerprint density at radius 3 is 2.00 bits per heavy atom. The molecule has 0 bridgehead atoms. The van der Waals surface area contributed by atoms with Gasteiger partial charge in [-0.2, -0.15) is 0 Å². The van der Waals surface area contributed by atoms with E-state index in [1.807, 2.05) is 0 Å². The first-order valence-electron chi connectivity index (χ1n) is 4.46. The number of hydrogen-bond acceptors (Lipinski definition) is 0. The molecule has 64 valence electrons. The molecule has 0 aromatic rings. The summed E-state index contributed by atoms with van der Waals surface area (Å²) in [6, 6.07) is 0. The van der Waals surface area contributed by atoms with E-state index in [1.54, 1.807) is 0 Å². The highest BCUT2D eigenvalue weighted by molar-refractivity contribution is 5.30. The van der Waals surface area contributed by atoms with Gasteiger partial charge in [-0.05, 0) is 39.2 Å². The van der Waals surface area contributed by atoms with Gasteiger partial charge in [-0.1, -0.05) is 31.1 Å². The summed E-state index contributed by atoms with van der Waals surface area (Å²) in [6.45, 7) is 11.0. The van der Waals surface area contributed by atoms with Gasteiger partial charge in [0.1, 0.15) is 0 Å². The minimum absolute atomic E-state index is 1.14. The largest absolute Gasteiger partial charge is 0.0816 e. The van der Waals surface area contributed by atoms with Crippen LogP contribution in [0, 0.1) is 0 Å². The molecule has 0 N–H and O–H groups in total. The van der Waals surface area contributed by atoms with Gasteiger partial charge >= 0.3 is 0 Å². The molecule has 0 aromatic heterocycles. The van der Waals surface area contributed by atoms with Crippen molar-refractivity contribution in [3.8, 4) is 0 Å². The van der Waals surface area contributed by atoms with Gasteiger partial charge in [0.05, 0.1) is 0 Å². The van der Waals surface area contributed by atoms with E-state index in [1.165, 1.54) is 23.1 Å². The molecule has 0 radical (unpaired) electrons. The van der Waals surface area contributed by atoms with Crippen LogP contribution in [0.15, 0.2) is 22.8 Å². The molecular formula is C11H20. The lowest BCUT2D eigenvalue weighted by Gasteiger charge is -2.05. The average Bonchev–Trinajstić information content (AvgIpc) is 2.02. The van der Waals surface area contributed by atoms with Crippen LogP contribution in [-0.2, 0) is 0 Å². The molecule has 0 aliphatic carbocycles. The summed E-state index contributed by atoms with van der Waals surface area (Å²) in [5.74, 6) is 0. The average molecular weight is 152 g/mol. The van der Waals surface area contributed by atoms with Crippen molar-refractivity contribution < 1.29 is 0 Å². The van der Waals surface area contributed by atoms with Crippen molar-refractivity contribution in [2.75, 3.05) is 0 Å². The Hall–Kier alpha value is -0.520. The molecule has 0 unspecified atom stereocenters. The van der Waals surface area contributed by atoms with Gasteiger partial charge in [0.2, 0.25) is 0 Å². The first-order chi connectivity index (χ1) is 5.13. The highest BCUT2D eigenvalue weighted by Gasteiger charge is 1.95. The van der Waals surface area contributed by atoms with Crippen molar-refractivity contribution in [2.45, 2.75) is 47.5 Å². The summed E-state index contributed by atoms with van der Waals surface area (Å²) >= 11 is 0. The van der Waals surface area contributed by atoms with E-state index >= 15 is 0 Å². The van der Waals surface area contributed by atoms with Crippen molar-refractivity contribution in [2.24, 2.45) is 0 Å². The standard InChI is InChI=1S/C11H20/c1-6-8-10(4)11(5)9(3)7-2/h8H,6-7H2,1-5H3/b10-8+,11-9-. The Kier molecular flexibility index (Phi) is 4.93. The summed E-state index contributed by atoms with van der Waals surface area (Å²) in [7, 11) is 0. The maximum absolute atomic E-state index is 2.29. The van der Waals surface area contributed by atoms with E-state index in [0.717, 1.165) is 6.42 Å². The predicted octanol–water partition coefficient (Wildman–Crippen LogP) is 4.09. The second kappa shape index (κ2) is 5.17. The summed E-state index contributed by atoms with van der Waals surface area (Å²) < 4.78 is 0. The van der Waals surface area contributed by atoms with Crippen LogP contribution in [-0.4, -0.2) is 0 Å². The molecule has 0 amide bonds. The lowest BCUT2D eigenvalue weighted by atomic mass is 10.0. The molecule has 0 saturated carbocycles. The fourth-order valence-corrected chi connectivity index (χ4v) is 1.06. The van der Waals surface area contributed by atoms with E-state index in [4.69, 9.17) is 0 Å². The predicted molar refractivity (Wildman–Crippen MR) is 52.7 cm³/mol. The van der Waals surface area contributed by atoms with Crippen LogP contribution in [0.1, 0.15) is 47.5 Å². The molecule has 0 fully saturated rings. The Bertz CT molecular complexity index is 170. The topological polar surface area (TPSA) is 0 Å². The lowest BCUT2D eigenvalue weighted by molar-refractivity contribution is 1.05. The Balaban J connectivity index is 4.46. The van der Waals surface area contributed by atoms with E-state index in [2.05, 4.69) is 40.7 Å². The minimum atomic E-state index is 1.14. The molecule has 11 heavy (non-hydrogen) atoms. The quantitative estimate of drug-likeness (QED) is 0.534. The van der Waals surface area contributed by atoms with Crippen LogP contribution in [0.5, 0.6) is 0 Å². The zero-order valence-corrected chi connectivity index (χ0v) is 8.49. The highest BCUT2D eigenvalue weighted by atomic mass is 14.0. The second-order valence-corrected chi connectivity index (χ2v) is 3.05. The monoisotopic (exact) mass is 152 g/mol.